The number of hydrogen-bond donors (Lipinski definition) is 0. The largest absolute Gasteiger partial charge is 0.0805 e. The highest BCUT2D eigenvalue weighted by atomic mass is 14.2. The first-order valence-corrected chi connectivity index (χ1v) is 5.67. The van der Waals surface area contributed by atoms with E-state index in [4.69, 9.17) is 0 Å². The van der Waals surface area contributed by atoms with Crippen molar-refractivity contribution in [2.45, 2.75) is 40.5 Å². The highest BCUT2D eigenvalue weighted by molar-refractivity contribution is 5.26. The van der Waals surface area contributed by atoms with Crippen LogP contribution in [0.4, 0.5) is 0 Å². The molecule has 0 aromatic carbocycles. The van der Waals surface area contributed by atoms with Crippen LogP contribution in [0.25, 0.3) is 0 Å². The van der Waals surface area contributed by atoms with Gasteiger partial charge in [-0.25, -0.2) is 0 Å². The SMILES string of the molecule is CCC/C(C)=C\C1C=C(C)C=CC1C. The Balaban J connectivity index is 2.68. The van der Waals surface area contributed by atoms with Crippen molar-refractivity contribution in [3.8, 4) is 0 Å². The molecule has 0 saturated carbocycles. The van der Waals surface area contributed by atoms with E-state index in [1.54, 1.807) is 0 Å². The Morgan fingerprint density at radius 3 is 2.86 bits per heavy atom. The summed E-state index contributed by atoms with van der Waals surface area (Å²) in [7, 11) is 0. The molecule has 0 aromatic heterocycles. The lowest BCUT2D eigenvalue weighted by Gasteiger charge is -2.19. The first-order chi connectivity index (χ1) is 6.63. The van der Waals surface area contributed by atoms with E-state index in [9.17, 15) is 0 Å². The van der Waals surface area contributed by atoms with Crippen LogP contribution in [0.1, 0.15) is 40.5 Å². The second-order valence-electron chi connectivity index (χ2n) is 4.47. The fourth-order valence-electron chi connectivity index (χ4n) is 1.95. The fraction of sp³-hybridized carbons (Fsp3) is 0.571. The molecule has 0 amide bonds. The highest BCUT2D eigenvalue weighted by Crippen LogP contribution is 2.25. The maximum absolute atomic E-state index is 2.43. The van der Waals surface area contributed by atoms with Crippen LogP contribution in [0.15, 0.2) is 35.5 Å². The first-order valence-electron chi connectivity index (χ1n) is 5.67. The van der Waals surface area contributed by atoms with Crippen molar-refractivity contribution in [1.82, 2.24) is 0 Å². The Bertz CT molecular complexity index is 266. The molecule has 1 aliphatic carbocycles. The van der Waals surface area contributed by atoms with Crippen molar-refractivity contribution in [2.75, 3.05) is 0 Å². The lowest BCUT2D eigenvalue weighted by molar-refractivity contribution is 0.595. The van der Waals surface area contributed by atoms with E-state index in [1.165, 1.54) is 24.0 Å². The van der Waals surface area contributed by atoms with E-state index >= 15 is 0 Å². The van der Waals surface area contributed by atoms with Gasteiger partial charge in [0, 0.05) is 5.92 Å². The molecule has 0 fully saturated rings. The van der Waals surface area contributed by atoms with E-state index in [-0.39, 0.29) is 0 Å². The summed E-state index contributed by atoms with van der Waals surface area (Å²) in [5, 5.41) is 0. The summed E-state index contributed by atoms with van der Waals surface area (Å²) in [6.07, 6.45) is 11.8. The van der Waals surface area contributed by atoms with Gasteiger partial charge in [0.05, 0.1) is 0 Å². The molecule has 0 radical (unpaired) electrons. The average molecular weight is 190 g/mol. The Hall–Kier alpha value is -0.780. The molecule has 0 spiro atoms. The van der Waals surface area contributed by atoms with Crippen molar-refractivity contribution in [2.24, 2.45) is 11.8 Å². The molecule has 2 atom stereocenters. The van der Waals surface area contributed by atoms with Crippen molar-refractivity contribution in [1.29, 1.82) is 0 Å². The molecule has 0 heterocycles. The summed E-state index contributed by atoms with van der Waals surface area (Å²) in [6.45, 7) is 8.96. The zero-order valence-corrected chi connectivity index (χ0v) is 9.88. The molecule has 1 rings (SSSR count). The molecule has 0 N–H and O–H groups in total. The summed E-state index contributed by atoms with van der Waals surface area (Å²) in [5.41, 5.74) is 2.93. The smallest absolute Gasteiger partial charge is 0.00151 e. The maximum Gasteiger partial charge on any atom is 0.00151 e. The summed E-state index contributed by atoms with van der Waals surface area (Å²) in [6, 6.07) is 0. The third kappa shape index (κ3) is 3.17. The maximum atomic E-state index is 2.43. The molecule has 1 aliphatic rings. The Kier molecular flexibility index (Phi) is 4.19. The minimum atomic E-state index is 0.617. The van der Waals surface area contributed by atoms with Gasteiger partial charge in [0.2, 0.25) is 0 Å². The Labute approximate surface area is 88.4 Å². The number of allylic oxidation sites excluding steroid dienone is 6. The molecular formula is C14H22. The molecule has 0 nitrogen and oxygen atoms in total. The second-order valence-corrected chi connectivity index (χ2v) is 4.47. The van der Waals surface area contributed by atoms with Crippen LogP contribution in [0.5, 0.6) is 0 Å². The molecular weight excluding hydrogens is 168 g/mol. The van der Waals surface area contributed by atoms with Crippen molar-refractivity contribution in [3.63, 3.8) is 0 Å². The van der Waals surface area contributed by atoms with Gasteiger partial charge >= 0.3 is 0 Å². The van der Waals surface area contributed by atoms with Gasteiger partial charge in [-0.1, -0.05) is 55.7 Å². The van der Waals surface area contributed by atoms with Gasteiger partial charge in [-0.15, -0.1) is 0 Å². The number of rotatable bonds is 3. The standard InChI is InChI=1S/C14H22/c1-5-6-11(2)9-14-10-12(3)7-8-13(14)4/h7-10,13-14H,5-6H2,1-4H3/b11-9-. The zero-order valence-electron chi connectivity index (χ0n) is 9.88. The van der Waals surface area contributed by atoms with Gasteiger partial charge < -0.3 is 0 Å². The van der Waals surface area contributed by atoms with E-state index in [0.717, 1.165) is 0 Å². The lowest BCUT2D eigenvalue weighted by Crippen LogP contribution is -2.08. The van der Waals surface area contributed by atoms with E-state index in [2.05, 4.69) is 52.0 Å². The van der Waals surface area contributed by atoms with Gasteiger partial charge in [0.25, 0.3) is 0 Å². The van der Waals surface area contributed by atoms with E-state index < -0.39 is 0 Å². The van der Waals surface area contributed by atoms with Gasteiger partial charge in [-0.2, -0.15) is 0 Å². The fourth-order valence-corrected chi connectivity index (χ4v) is 1.95. The molecule has 0 aliphatic heterocycles. The van der Waals surface area contributed by atoms with Crippen LogP contribution >= 0.6 is 0 Å². The summed E-state index contributed by atoms with van der Waals surface area (Å²) in [5.74, 6) is 1.28. The van der Waals surface area contributed by atoms with Crippen molar-refractivity contribution >= 4 is 0 Å². The first kappa shape index (κ1) is 11.3. The van der Waals surface area contributed by atoms with Gasteiger partial charge in [0.15, 0.2) is 0 Å². The van der Waals surface area contributed by atoms with Gasteiger partial charge in [-0.05, 0) is 26.2 Å². The van der Waals surface area contributed by atoms with Crippen LogP contribution in [0.3, 0.4) is 0 Å². The van der Waals surface area contributed by atoms with Crippen LogP contribution in [0.2, 0.25) is 0 Å². The summed E-state index contributed by atoms with van der Waals surface area (Å²) < 4.78 is 0. The summed E-state index contributed by atoms with van der Waals surface area (Å²) in [4.78, 5) is 0. The van der Waals surface area contributed by atoms with E-state index in [1.807, 2.05) is 0 Å². The van der Waals surface area contributed by atoms with Crippen molar-refractivity contribution < 1.29 is 0 Å². The summed E-state index contributed by atoms with van der Waals surface area (Å²) >= 11 is 0. The van der Waals surface area contributed by atoms with Gasteiger partial charge in [0.1, 0.15) is 0 Å². The molecule has 0 aromatic rings. The normalized spacial score (nSPS) is 27.7. The quantitative estimate of drug-likeness (QED) is 0.575. The minimum absolute atomic E-state index is 0.617. The van der Waals surface area contributed by atoms with Crippen LogP contribution in [0, 0.1) is 11.8 Å². The third-order valence-electron chi connectivity index (χ3n) is 2.85. The second kappa shape index (κ2) is 5.19. The third-order valence-corrected chi connectivity index (χ3v) is 2.85. The van der Waals surface area contributed by atoms with Crippen molar-refractivity contribution in [3.05, 3.63) is 35.5 Å². The Morgan fingerprint density at radius 1 is 1.50 bits per heavy atom. The molecule has 0 bridgehead atoms. The predicted molar refractivity (Wildman–Crippen MR) is 64.2 cm³/mol. The monoisotopic (exact) mass is 190 g/mol. The predicted octanol–water partition coefficient (Wildman–Crippen LogP) is 4.50. The molecule has 2 unspecified atom stereocenters. The Morgan fingerprint density at radius 2 is 2.21 bits per heavy atom. The van der Waals surface area contributed by atoms with Gasteiger partial charge in [-0.3, -0.25) is 0 Å². The molecule has 78 valence electrons. The van der Waals surface area contributed by atoms with E-state index in [0.29, 0.717) is 11.8 Å². The van der Waals surface area contributed by atoms with Crippen LogP contribution in [-0.4, -0.2) is 0 Å². The molecule has 0 heteroatoms. The van der Waals surface area contributed by atoms with Crippen LogP contribution in [-0.2, 0) is 0 Å². The lowest BCUT2D eigenvalue weighted by atomic mass is 9.86. The average Bonchev–Trinajstić information content (AvgIpc) is 2.12. The minimum Gasteiger partial charge on any atom is -0.0805 e. The number of hydrogen-bond acceptors (Lipinski definition) is 0. The molecule has 14 heavy (non-hydrogen) atoms. The topological polar surface area (TPSA) is 0 Å². The zero-order chi connectivity index (χ0) is 10.6. The van der Waals surface area contributed by atoms with Crippen LogP contribution < -0.4 is 0 Å². The highest BCUT2D eigenvalue weighted by Gasteiger charge is 2.12. The molecule has 0 saturated heterocycles.